The monoisotopic (exact) mass is 275 g/mol. The van der Waals surface area contributed by atoms with Crippen LogP contribution in [0.25, 0.3) is 0 Å². The number of pyridine rings is 1. The molecule has 2 fully saturated rings. The number of aromatic nitrogens is 1. The van der Waals surface area contributed by atoms with Gasteiger partial charge in [0.1, 0.15) is 5.82 Å². The fourth-order valence-electron chi connectivity index (χ4n) is 2.97. The molecule has 4 nitrogen and oxygen atoms in total. The first-order valence-corrected chi connectivity index (χ1v) is 7.82. The zero-order valence-electron chi connectivity index (χ0n) is 12.4. The van der Waals surface area contributed by atoms with E-state index in [1.54, 1.807) is 0 Å². The molecule has 0 amide bonds. The van der Waals surface area contributed by atoms with Crippen molar-refractivity contribution in [1.29, 1.82) is 0 Å². The fraction of sp³-hybridized carbons (Fsp3) is 0.688. The van der Waals surface area contributed by atoms with Gasteiger partial charge in [-0.2, -0.15) is 0 Å². The van der Waals surface area contributed by atoms with Crippen molar-refractivity contribution < 1.29 is 4.74 Å². The number of likely N-dealkylation sites (tertiary alicyclic amines) is 1. The average molecular weight is 275 g/mol. The topological polar surface area (TPSA) is 28.6 Å². The third-order valence-corrected chi connectivity index (χ3v) is 4.39. The van der Waals surface area contributed by atoms with Gasteiger partial charge in [0.05, 0.1) is 18.9 Å². The Labute approximate surface area is 121 Å². The van der Waals surface area contributed by atoms with Crippen molar-refractivity contribution in [1.82, 2.24) is 9.88 Å². The highest BCUT2D eigenvalue weighted by molar-refractivity contribution is 5.39. The first-order chi connectivity index (χ1) is 9.81. The van der Waals surface area contributed by atoms with E-state index >= 15 is 0 Å². The number of ether oxygens (including phenoxy) is 1. The highest BCUT2D eigenvalue weighted by Crippen LogP contribution is 2.19. The number of rotatable bonds is 3. The minimum Gasteiger partial charge on any atom is -0.378 e. The van der Waals surface area contributed by atoms with Crippen LogP contribution in [0.1, 0.15) is 25.5 Å². The van der Waals surface area contributed by atoms with Gasteiger partial charge in [-0.05, 0) is 44.0 Å². The van der Waals surface area contributed by atoms with Crippen molar-refractivity contribution in [3.05, 3.63) is 23.9 Å². The van der Waals surface area contributed by atoms with E-state index in [2.05, 4.69) is 34.9 Å². The number of morpholine rings is 1. The molecule has 0 aromatic carbocycles. The molecule has 2 aliphatic heterocycles. The van der Waals surface area contributed by atoms with Crippen LogP contribution >= 0.6 is 0 Å². The second-order valence-electron chi connectivity index (χ2n) is 6.05. The van der Waals surface area contributed by atoms with Gasteiger partial charge < -0.3 is 9.64 Å². The molecule has 2 aliphatic rings. The van der Waals surface area contributed by atoms with Gasteiger partial charge in [0.25, 0.3) is 0 Å². The van der Waals surface area contributed by atoms with Gasteiger partial charge >= 0.3 is 0 Å². The summed E-state index contributed by atoms with van der Waals surface area (Å²) in [6.45, 7) is 9.32. The average Bonchev–Trinajstić information content (AvgIpc) is 2.51. The van der Waals surface area contributed by atoms with Gasteiger partial charge in [0, 0.05) is 19.6 Å². The smallest absolute Gasteiger partial charge is 0.129 e. The molecule has 110 valence electrons. The van der Waals surface area contributed by atoms with E-state index in [1.807, 2.05) is 0 Å². The van der Waals surface area contributed by atoms with Crippen LogP contribution in [0.15, 0.2) is 18.2 Å². The first-order valence-electron chi connectivity index (χ1n) is 7.82. The quantitative estimate of drug-likeness (QED) is 0.845. The Hall–Kier alpha value is -1.13. The Balaban J connectivity index is 1.62. The molecule has 0 spiro atoms. The molecule has 0 unspecified atom stereocenters. The maximum atomic E-state index is 5.41. The van der Waals surface area contributed by atoms with E-state index in [1.165, 1.54) is 31.6 Å². The molecule has 20 heavy (non-hydrogen) atoms. The number of anilines is 1. The lowest BCUT2D eigenvalue weighted by Gasteiger charge is -2.31. The van der Waals surface area contributed by atoms with Crippen LogP contribution in [0, 0.1) is 5.92 Å². The summed E-state index contributed by atoms with van der Waals surface area (Å²) in [5.41, 5.74) is 1.20. The van der Waals surface area contributed by atoms with Crippen molar-refractivity contribution in [2.75, 3.05) is 44.3 Å². The van der Waals surface area contributed by atoms with Crippen LogP contribution < -0.4 is 4.90 Å². The lowest BCUT2D eigenvalue weighted by Crippen LogP contribution is -2.37. The number of piperidine rings is 1. The van der Waals surface area contributed by atoms with Crippen LogP contribution in [-0.4, -0.2) is 49.3 Å². The van der Waals surface area contributed by atoms with Crippen molar-refractivity contribution >= 4 is 5.82 Å². The molecular formula is C16H25N3O. The van der Waals surface area contributed by atoms with Crippen molar-refractivity contribution in [3.63, 3.8) is 0 Å². The van der Waals surface area contributed by atoms with Gasteiger partial charge in [-0.15, -0.1) is 0 Å². The summed E-state index contributed by atoms with van der Waals surface area (Å²) in [5, 5.41) is 0. The summed E-state index contributed by atoms with van der Waals surface area (Å²) in [7, 11) is 0. The zero-order valence-corrected chi connectivity index (χ0v) is 12.4. The molecular weight excluding hydrogens is 250 g/mol. The molecule has 2 saturated heterocycles. The van der Waals surface area contributed by atoms with E-state index in [4.69, 9.17) is 9.72 Å². The summed E-state index contributed by atoms with van der Waals surface area (Å²) in [6.07, 6.45) is 2.65. The van der Waals surface area contributed by atoms with Crippen LogP contribution in [0.2, 0.25) is 0 Å². The highest BCUT2D eigenvalue weighted by Gasteiger charge is 2.17. The Morgan fingerprint density at radius 3 is 2.65 bits per heavy atom. The molecule has 0 bridgehead atoms. The molecule has 3 rings (SSSR count). The van der Waals surface area contributed by atoms with Gasteiger partial charge in [-0.25, -0.2) is 4.98 Å². The molecule has 0 aliphatic carbocycles. The second-order valence-corrected chi connectivity index (χ2v) is 6.05. The van der Waals surface area contributed by atoms with Crippen LogP contribution in [0.4, 0.5) is 5.82 Å². The Kier molecular flexibility index (Phi) is 4.53. The summed E-state index contributed by atoms with van der Waals surface area (Å²) < 4.78 is 5.41. The molecule has 0 saturated carbocycles. The van der Waals surface area contributed by atoms with Gasteiger partial charge in [-0.3, -0.25) is 4.90 Å². The molecule has 0 radical (unpaired) electrons. The lowest BCUT2D eigenvalue weighted by molar-refractivity contribution is 0.122. The van der Waals surface area contributed by atoms with E-state index in [-0.39, 0.29) is 0 Å². The third-order valence-electron chi connectivity index (χ3n) is 4.39. The number of nitrogens with zero attached hydrogens (tertiary/aromatic N) is 3. The van der Waals surface area contributed by atoms with Crippen molar-refractivity contribution in [2.24, 2.45) is 5.92 Å². The van der Waals surface area contributed by atoms with Gasteiger partial charge in [0.2, 0.25) is 0 Å². The van der Waals surface area contributed by atoms with Gasteiger partial charge in [-0.1, -0.05) is 13.0 Å². The lowest BCUT2D eigenvalue weighted by atomic mass is 9.99. The Bertz CT molecular complexity index is 423. The number of hydrogen-bond acceptors (Lipinski definition) is 4. The first kappa shape index (κ1) is 13.8. The molecule has 0 N–H and O–H groups in total. The van der Waals surface area contributed by atoms with E-state index < -0.39 is 0 Å². The van der Waals surface area contributed by atoms with E-state index in [0.29, 0.717) is 0 Å². The van der Waals surface area contributed by atoms with Crippen LogP contribution in [-0.2, 0) is 11.3 Å². The predicted octanol–water partition coefficient (Wildman–Crippen LogP) is 2.15. The summed E-state index contributed by atoms with van der Waals surface area (Å²) >= 11 is 0. The molecule has 3 heterocycles. The number of hydrogen-bond donors (Lipinski definition) is 0. The zero-order chi connectivity index (χ0) is 13.8. The van der Waals surface area contributed by atoms with E-state index in [0.717, 1.165) is 44.6 Å². The Morgan fingerprint density at radius 2 is 1.90 bits per heavy atom. The summed E-state index contributed by atoms with van der Waals surface area (Å²) in [5.74, 6) is 2.00. The standard InChI is InChI=1S/C16H25N3O/c1-14-5-7-18(8-6-14)13-15-3-2-4-16(17-15)19-9-11-20-12-10-19/h2-4,14H,5-13H2,1H3. The minimum absolute atomic E-state index is 0.815. The molecule has 1 aromatic rings. The fourth-order valence-corrected chi connectivity index (χ4v) is 2.97. The Morgan fingerprint density at radius 1 is 1.15 bits per heavy atom. The third kappa shape index (κ3) is 3.49. The molecule has 1 aromatic heterocycles. The molecule has 0 atom stereocenters. The maximum Gasteiger partial charge on any atom is 0.129 e. The van der Waals surface area contributed by atoms with Crippen LogP contribution in [0.3, 0.4) is 0 Å². The predicted molar refractivity (Wildman–Crippen MR) is 80.9 cm³/mol. The van der Waals surface area contributed by atoms with Crippen LogP contribution in [0.5, 0.6) is 0 Å². The molecule has 4 heteroatoms. The van der Waals surface area contributed by atoms with Gasteiger partial charge in [0.15, 0.2) is 0 Å². The SMILES string of the molecule is CC1CCN(Cc2cccc(N3CCOCC3)n2)CC1. The van der Waals surface area contributed by atoms with E-state index in [9.17, 15) is 0 Å². The summed E-state index contributed by atoms with van der Waals surface area (Å²) in [6, 6.07) is 6.41. The summed E-state index contributed by atoms with van der Waals surface area (Å²) in [4.78, 5) is 9.70. The largest absolute Gasteiger partial charge is 0.378 e. The highest BCUT2D eigenvalue weighted by atomic mass is 16.5. The second kappa shape index (κ2) is 6.55. The minimum atomic E-state index is 0.815. The maximum absolute atomic E-state index is 5.41. The van der Waals surface area contributed by atoms with Crippen molar-refractivity contribution in [2.45, 2.75) is 26.3 Å². The van der Waals surface area contributed by atoms with Crippen molar-refractivity contribution in [3.8, 4) is 0 Å². The normalized spacial score (nSPS) is 22.1.